The highest BCUT2D eigenvalue weighted by molar-refractivity contribution is 9.10. The maximum absolute atomic E-state index is 13.6. The summed E-state index contributed by atoms with van der Waals surface area (Å²) in [6.45, 7) is 0.492. The van der Waals surface area contributed by atoms with Crippen LogP contribution in [-0.2, 0) is 16.1 Å². The molecule has 0 heterocycles. The fourth-order valence-electron chi connectivity index (χ4n) is 1.62. The zero-order chi connectivity index (χ0) is 14.4. The number of hydrogen-bond acceptors (Lipinski definition) is 3. The minimum absolute atomic E-state index is 0.128. The smallest absolute Gasteiger partial charge is 0.225 e. The van der Waals surface area contributed by atoms with Gasteiger partial charge in [0.1, 0.15) is 5.82 Å². The van der Waals surface area contributed by atoms with E-state index in [1.54, 1.807) is 19.2 Å². The van der Waals surface area contributed by atoms with Crippen LogP contribution < -0.4 is 5.73 Å². The van der Waals surface area contributed by atoms with Crippen molar-refractivity contribution in [2.45, 2.75) is 19.1 Å². The molecule has 1 rings (SSSR count). The van der Waals surface area contributed by atoms with Crippen molar-refractivity contribution in [3.05, 3.63) is 34.1 Å². The van der Waals surface area contributed by atoms with E-state index in [1.165, 1.54) is 18.1 Å². The van der Waals surface area contributed by atoms with Crippen LogP contribution in [0.2, 0.25) is 0 Å². The molecule has 1 atom stereocenters. The van der Waals surface area contributed by atoms with Gasteiger partial charge in [-0.2, -0.15) is 0 Å². The van der Waals surface area contributed by atoms with Crippen molar-refractivity contribution in [1.29, 1.82) is 0 Å². The van der Waals surface area contributed by atoms with Crippen molar-refractivity contribution in [3.63, 3.8) is 0 Å². The van der Waals surface area contributed by atoms with Crippen LogP contribution in [0.25, 0.3) is 0 Å². The van der Waals surface area contributed by atoms with E-state index in [0.717, 1.165) is 4.47 Å². The lowest BCUT2D eigenvalue weighted by Gasteiger charge is -2.20. The molecular formula is C13H18BrFN2O2. The quantitative estimate of drug-likeness (QED) is 0.865. The monoisotopic (exact) mass is 332 g/mol. The number of benzene rings is 1. The van der Waals surface area contributed by atoms with E-state index in [-0.39, 0.29) is 37.3 Å². The van der Waals surface area contributed by atoms with Gasteiger partial charge in [-0.1, -0.05) is 15.9 Å². The summed E-state index contributed by atoms with van der Waals surface area (Å²) in [4.78, 5) is 13.4. The first kappa shape index (κ1) is 16.1. The predicted molar refractivity (Wildman–Crippen MR) is 75.0 cm³/mol. The predicted octanol–water partition coefficient (Wildman–Crippen LogP) is 1.91. The third kappa shape index (κ3) is 4.89. The molecule has 0 aliphatic rings. The first-order valence-electron chi connectivity index (χ1n) is 5.88. The molecule has 0 aliphatic carbocycles. The van der Waals surface area contributed by atoms with Gasteiger partial charge in [0.25, 0.3) is 0 Å². The summed E-state index contributed by atoms with van der Waals surface area (Å²) in [7, 11) is 3.14. The van der Waals surface area contributed by atoms with Crippen LogP contribution >= 0.6 is 15.9 Å². The molecular weight excluding hydrogens is 315 g/mol. The van der Waals surface area contributed by atoms with Crippen molar-refractivity contribution < 1.29 is 13.9 Å². The highest BCUT2D eigenvalue weighted by Crippen LogP contribution is 2.17. The average Bonchev–Trinajstić information content (AvgIpc) is 2.39. The lowest BCUT2D eigenvalue weighted by molar-refractivity contribution is -0.132. The Balaban J connectivity index is 2.65. The molecule has 106 valence electrons. The summed E-state index contributed by atoms with van der Waals surface area (Å²) >= 11 is 3.28. The molecule has 0 bridgehead atoms. The number of carbonyl (C=O) groups excluding carboxylic acids is 1. The molecule has 2 N–H and O–H groups in total. The molecule has 0 aliphatic heterocycles. The molecule has 0 saturated heterocycles. The molecule has 1 aromatic carbocycles. The summed E-state index contributed by atoms with van der Waals surface area (Å²) in [5.74, 6) is -0.457. The van der Waals surface area contributed by atoms with Gasteiger partial charge in [0.15, 0.2) is 0 Å². The van der Waals surface area contributed by atoms with Crippen LogP contribution in [0, 0.1) is 5.82 Å². The molecule has 1 aromatic rings. The minimum Gasteiger partial charge on any atom is -0.380 e. The second-order valence-corrected chi connectivity index (χ2v) is 5.20. The number of halogens is 2. The van der Waals surface area contributed by atoms with Crippen molar-refractivity contribution in [2.75, 3.05) is 20.7 Å². The Kier molecular flexibility index (Phi) is 6.41. The number of rotatable bonds is 6. The van der Waals surface area contributed by atoms with Crippen molar-refractivity contribution in [3.8, 4) is 0 Å². The molecule has 4 nitrogen and oxygen atoms in total. The van der Waals surface area contributed by atoms with Crippen LogP contribution in [0.1, 0.15) is 12.0 Å². The average molecular weight is 333 g/mol. The molecule has 0 radical (unpaired) electrons. The first-order valence-corrected chi connectivity index (χ1v) is 6.68. The van der Waals surface area contributed by atoms with Gasteiger partial charge < -0.3 is 15.4 Å². The lowest BCUT2D eigenvalue weighted by atomic mass is 10.2. The van der Waals surface area contributed by atoms with Crippen molar-refractivity contribution >= 4 is 21.8 Å². The van der Waals surface area contributed by atoms with Crippen LogP contribution in [0.3, 0.4) is 0 Å². The molecule has 19 heavy (non-hydrogen) atoms. The topological polar surface area (TPSA) is 55.6 Å². The van der Waals surface area contributed by atoms with Crippen LogP contribution in [0.5, 0.6) is 0 Å². The van der Waals surface area contributed by atoms with E-state index in [9.17, 15) is 9.18 Å². The number of carbonyl (C=O) groups is 1. The second kappa shape index (κ2) is 7.57. The summed E-state index contributed by atoms with van der Waals surface area (Å²) in [6.07, 6.45) is -0.110. The van der Waals surface area contributed by atoms with Crippen LogP contribution in [0.15, 0.2) is 22.7 Å². The Hall–Kier alpha value is -0.980. The molecule has 1 unspecified atom stereocenters. The lowest BCUT2D eigenvalue weighted by Crippen LogP contribution is -2.33. The fraction of sp³-hybridized carbons (Fsp3) is 0.462. The van der Waals surface area contributed by atoms with E-state index in [1.807, 2.05) is 0 Å². The van der Waals surface area contributed by atoms with Crippen molar-refractivity contribution in [2.24, 2.45) is 5.73 Å². The Morgan fingerprint density at radius 3 is 2.84 bits per heavy atom. The van der Waals surface area contributed by atoms with E-state index in [4.69, 9.17) is 10.5 Å². The minimum atomic E-state index is -0.329. The SMILES string of the molecule is COC(CN)CC(=O)N(C)Cc1cc(Br)ccc1F. The number of nitrogens with two attached hydrogens (primary N) is 1. The maximum atomic E-state index is 13.6. The Labute approximate surface area is 120 Å². The summed E-state index contributed by atoms with van der Waals surface area (Å²) in [6, 6.07) is 4.65. The normalized spacial score (nSPS) is 12.3. The summed E-state index contributed by atoms with van der Waals surface area (Å²) in [5, 5.41) is 0. The van der Waals surface area contributed by atoms with Crippen molar-refractivity contribution in [1.82, 2.24) is 4.90 Å². The Morgan fingerprint density at radius 2 is 2.26 bits per heavy atom. The third-order valence-corrected chi connectivity index (χ3v) is 3.33. The number of nitrogens with zero attached hydrogens (tertiary/aromatic N) is 1. The van der Waals surface area contributed by atoms with E-state index in [0.29, 0.717) is 5.56 Å². The molecule has 0 saturated carbocycles. The number of methoxy groups -OCH3 is 1. The highest BCUT2D eigenvalue weighted by atomic mass is 79.9. The third-order valence-electron chi connectivity index (χ3n) is 2.84. The maximum Gasteiger partial charge on any atom is 0.225 e. The van der Waals surface area contributed by atoms with Gasteiger partial charge in [-0.25, -0.2) is 4.39 Å². The fourth-order valence-corrected chi connectivity index (χ4v) is 2.03. The van der Waals surface area contributed by atoms with E-state index < -0.39 is 0 Å². The standard InChI is InChI=1S/C13H18BrFN2O2/c1-17(13(18)6-11(7-16)19-2)8-9-5-10(14)3-4-12(9)15/h3-5,11H,6-8,16H2,1-2H3. The molecule has 6 heteroatoms. The van der Waals surface area contributed by atoms with E-state index in [2.05, 4.69) is 15.9 Å². The highest BCUT2D eigenvalue weighted by Gasteiger charge is 2.16. The van der Waals surface area contributed by atoms with E-state index >= 15 is 0 Å². The van der Waals surface area contributed by atoms with Crippen LogP contribution in [0.4, 0.5) is 4.39 Å². The van der Waals surface area contributed by atoms with Crippen LogP contribution in [-0.4, -0.2) is 37.6 Å². The Bertz CT molecular complexity index is 439. The first-order chi connectivity index (χ1) is 8.97. The number of amides is 1. The molecule has 0 aromatic heterocycles. The van der Waals surface area contributed by atoms with Gasteiger partial charge in [0.2, 0.25) is 5.91 Å². The zero-order valence-corrected chi connectivity index (χ0v) is 12.6. The Morgan fingerprint density at radius 1 is 1.58 bits per heavy atom. The van der Waals surface area contributed by atoms with Gasteiger partial charge in [-0.3, -0.25) is 4.79 Å². The number of ether oxygens (including phenoxy) is 1. The summed E-state index contributed by atoms with van der Waals surface area (Å²) < 4.78 is 19.4. The summed E-state index contributed by atoms with van der Waals surface area (Å²) in [5.41, 5.74) is 5.93. The molecule has 0 spiro atoms. The largest absolute Gasteiger partial charge is 0.380 e. The van der Waals surface area contributed by atoms with Gasteiger partial charge in [-0.05, 0) is 18.2 Å². The molecule has 1 amide bonds. The zero-order valence-electron chi connectivity index (χ0n) is 11.0. The second-order valence-electron chi connectivity index (χ2n) is 4.28. The molecule has 0 fully saturated rings. The van der Waals surface area contributed by atoms with Gasteiger partial charge in [-0.15, -0.1) is 0 Å². The van der Waals surface area contributed by atoms with Gasteiger partial charge in [0.05, 0.1) is 12.5 Å². The number of hydrogen-bond donors (Lipinski definition) is 1. The van der Waals surface area contributed by atoms with Gasteiger partial charge in [0, 0.05) is 37.3 Å². The van der Waals surface area contributed by atoms with Gasteiger partial charge >= 0.3 is 0 Å².